The quantitative estimate of drug-likeness (QED) is 0.895. The SMILES string of the molecule is CN(C)C1(C(O)c2cc(Cl)cnc2N)CCCCC1. The number of hydrogen-bond acceptors (Lipinski definition) is 4. The topological polar surface area (TPSA) is 62.4 Å². The predicted octanol–water partition coefficient (Wildman–Crippen LogP) is 2.62. The van der Waals surface area contributed by atoms with Crippen molar-refractivity contribution in [3.05, 3.63) is 22.8 Å². The minimum Gasteiger partial charge on any atom is -0.386 e. The Morgan fingerprint density at radius 1 is 1.37 bits per heavy atom. The monoisotopic (exact) mass is 283 g/mol. The molecule has 0 spiro atoms. The van der Waals surface area contributed by atoms with Crippen LogP contribution in [-0.4, -0.2) is 34.6 Å². The average Bonchev–Trinajstić information content (AvgIpc) is 2.41. The fourth-order valence-electron chi connectivity index (χ4n) is 3.10. The second-order valence-corrected chi connectivity index (χ2v) is 6.03. The van der Waals surface area contributed by atoms with Crippen molar-refractivity contribution in [2.45, 2.75) is 43.7 Å². The van der Waals surface area contributed by atoms with Crippen molar-refractivity contribution in [3.63, 3.8) is 0 Å². The second kappa shape index (κ2) is 5.65. The Hall–Kier alpha value is -0.840. The van der Waals surface area contributed by atoms with Gasteiger partial charge in [0.2, 0.25) is 0 Å². The summed E-state index contributed by atoms with van der Waals surface area (Å²) in [7, 11) is 4.03. The maximum Gasteiger partial charge on any atom is 0.129 e. The van der Waals surface area contributed by atoms with Crippen molar-refractivity contribution in [2.24, 2.45) is 0 Å². The number of nitrogen functional groups attached to an aromatic ring is 1. The summed E-state index contributed by atoms with van der Waals surface area (Å²) in [4.78, 5) is 6.17. The third-order valence-corrected chi connectivity index (χ3v) is 4.54. The van der Waals surface area contributed by atoms with E-state index in [1.54, 1.807) is 6.07 Å². The highest BCUT2D eigenvalue weighted by Crippen LogP contribution is 2.43. The molecule has 4 nitrogen and oxygen atoms in total. The molecule has 0 saturated heterocycles. The lowest BCUT2D eigenvalue weighted by molar-refractivity contribution is -0.0333. The number of nitrogens with zero attached hydrogens (tertiary/aromatic N) is 2. The molecule has 1 heterocycles. The summed E-state index contributed by atoms with van der Waals surface area (Å²) in [5.41, 5.74) is 6.28. The zero-order valence-corrected chi connectivity index (χ0v) is 12.3. The minimum atomic E-state index is -0.658. The highest BCUT2D eigenvalue weighted by atomic mass is 35.5. The number of aliphatic hydroxyl groups is 1. The van der Waals surface area contributed by atoms with E-state index in [0.29, 0.717) is 16.4 Å². The molecular weight excluding hydrogens is 262 g/mol. The molecule has 1 unspecified atom stereocenters. The van der Waals surface area contributed by atoms with E-state index >= 15 is 0 Å². The zero-order valence-electron chi connectivity index (χ0n) is 11.6. The van der Waals surface area contributed by atoms with Gasteiger partial charge in [0.05, 0.1) is 10.6 Å². The molecule has 0 aromatic carbocycles. The summed E-state index contributed by atoms with van der Waals surface area (Å²) < 4.78 is 0. The Morgan fingerprint density at radius 2 is 2.00 bits per heavy atom. The largest absolute Gasteiger partial charge is 0.386 e. The lowest BCUT2D eigenvalue weighted by Crippen LogP contribution is -2.50. The molecule has 0 amide bonds. The zero-order chi connectivity index (χ0) is 14.0. The van der Waals surface area contributed by atoms with E-state index in [1.165, 1.54) is 12.6 Å². The first-order valence-electron chi connectivity index (χ1n) is 6.74. The van der Waals surface area contributed by atoms with E-state index in [-0.39, 0.29) is 5.54 Å². The summed E-state index contributed by atoms with van der Waals surface area (Å²) in [6, 6.07) is 1.73. The molecule has 106 valence electrons. The van der Waals surface area contributed by atoms with Crippen molar-refractivity contribution in [1.29, 1.82) is 0 Å². The van der Waals surface area contributed by atoms with Crippen LogP contribution in [0.2, 0.25) is 5.02 Å². The first kappa shape index (κ1) is 14.6. The minimum absolute atomic E-state index is 0.265. The van der Waals surface area contributed by atoms with Crippen LogP contribution in [0.5, 0.6) is 0 Å². The Kier molecular flexibility index (Phi) is 4.33. The van der Waals surface area contributed by atoms with Crippen LogP contribution in [-0.2, 0) is 0 Å². The number of halogens is 1. The molecule has 0 radical (unpaired) electrons. The first-order valence-corrected chi connectivity index (χ1v) is 7.11. The van der Waals surface area contributed by atoms with Crippen LogP contribution in [0.3, 0.4) is 0 Å². The molecule has 1 aliphatic carbocycles. The fraction of sp³-hybridized carbons (Fsp3) is 0.643. The van der Waals surface area contributed by atoms with E-state index in [0.717, 1.165) is 25.7 Å². The van der Waals surface area contributed by atoms with Crippen LogP contribution in [0.15, 0.2) is 12.3 Å². The lowest BCUT2D eigenvalue weighted by atomic mass is 9.74. The van der Waals surface area contributed by atoms with Gasteiger partial charge in [0, 0.05) is 11.8 Å². The van der Waals surface area contributed by atoms with Crippen LogP contribution in [0, 0.1) is 0 Å². The number of anilines is 1. The third-order valence-electron chi connectivity index (χ3n) is 4.33. The summed E-state index contributed by atoms with van der Waals surface area (Å²) in [5, 5.41) is 11.4. The molecule has 0 bridgehead atoms. The number of aromatic nitrogens is 1. The van der Waals surface area contributed by atoms with Crippen LogP contribution in [0.1, 0.15) is 43.8 Å². The molecule has 2 rings (SSSR count). The molecule has 5 heteroatoms. The van der Waals surface area contributed by atoms with Crippen LogP contribution in [0.25, 0.3) is 0 Å². The number of pyridine rings is 1. The summed E-state index contributed by atoms with van der Waals surface area (Å²) in [6.45, 7) is 0. The Balaban J connectivity index is 2.39. The van der Waals surface area contributed by atoms with Crippen molar-refractivity contribution < 1.29 is 5.11 Å². The van der Waals surface area contributed by atoms with E-state index in [9.17, 15) is 5.11 Å². The second-order valence-electron chi connectivity index (χ2n) is 5.59. The number of nitrogens with two attached hydrogens (primary N) is 1. The van der Waals surface area contributed by atoms with Crippen LogP contribution in [0.4, 0.5) is 5.82 Å². The molecule has 1 aromatic rings. The van der Waals surface area contributed by atoms with E-state index < -0.39 is 6.10 Å². The van der Waals surface area contributed by atoms with Gasteiger partial charge in [-0.15, -0.1) is 0 Å². The number of hydrogen-bond donors (Lipinski definition) is 2. The Bertz CT molecular complexity index is 444. The van der Waals surface area contributed by atoms with Gasteiger partial charge in [0.1, 0.15) is 11.9 Å². The van der Waals surface area contributed by atoms with E-state index in [1.807, 2.05) is 14.1 Å². The molecule has 1 aliphatic rings. The standard InChI is InChI=1S/C14H22ClN3O/c1-18(2)14(6-4-3-5-7-14)12(19)11-8-10(15)9-17-13(11)16/h8-9,12,19H,3-7H2,1-2H3,(H2,16,17). The number of aliphatic hydroxyl groups excluding tert-OH is 1. The van der Waals surface area contributed by atoms with Gasteiger partial charge in [-0.3, -0.25) is 0 Å². The smallest absolute Gasteiger partial charge is 0.129 e. The van der Waals surface area contributed by atoms with Gasteiger partial charge in [-0.05, 0) is 33.0 Å². The Labute approximate surface area is 119 Å². The number of likely N-dealkylation sites (N-methyl/N-ethyl adjacent to an activating group) is 1. The van der Waals surface area contributed by atoms with Gasteiger partial charge in [-0.1, -0.05) is 30.9 Å². The molecule has 0 aliphatic heterocycles. The van der Waals surface area contributed by atoms with Gasteiger partial charge in [0.15, 0.2) is 0 Å². The molecule has 1 saturated carbocycles. The summed E-state index contributed by atoms with van der Waals surface area (Å²) >= 11 is 5.98. The molecule has 1 aromatic heterocycles. The molecule has 1 atom stereocenters. The third kappa shape index (κ3) is 2.71. The van der Waals surface area contributed by atoms with Crippen molar-refractivity contribution in [2.75, 3.05) is 19.8 Å². The van der Waals surface area contributed by atoms with Gasteiger partial charge in [0.25, 0.3) is 0 Å². The summed E-state index contributed by atoms with van der Waals surface area (Å²) in [6.07, 6.45) is 6.27. The van der Waals surface area contributed by atoms with Crippen LogP contribution < -0.4 is 5.73 Å². The van der Waals surface area contributed by atoms with Gasteiger partial charge in [-0.25, -0.2) is 4.98 Å². The molecule has 1 fully saturated rings. The van der Waals surface area contributed by atoms with Gasteiger partial charge in [-0.2, -0.15) is 0 Å². The normalized spacial score (nSPS) is 20.5. The van der Waals surface area contributed by atoms with Crippen molar-refractivity contribution in [1.82, 2.24) is 9.88 Å². The van der Waals surface area contributed by atoms with Gasteiger partial charge >= 0.3 is 0 Å². The Morgan fingerprint density at radius 3 is 2.58 bits per heavy atom. The molecular formula is C14H22ClN3O. The van der Waals surface area contributed by atoms with Crippen molar-refractivity contribution in [3.8, 4) is 0 Å². The molecule has 3 N–H and O–H groups in total. The van der Waals surface area contributed by atoms with E-state index in [2.05, 4.69) is 9.88 Å². The maximum atomic E-state index is 10.9. The predicted molar refractivity (Wildman–Crippen MR) is 78.1 cm³/mol. The van der Waals surface area contributed by atoms with Gasteiger partial charge < -0.3 is 15.7 Å². The average molecular weight is 284 g/mol. The molecule has 19 heavy (non-hydrogen) atoms. The van der Waals surface area contributed by atoms with E-state index in [4.69, 9.17) is 17.3 Å². The first-order chi connectivity index (χ1) is 8.97. The number of rotatable bonds is 3. The highest BCUT2D eigenvalue weighted by Gasteiger charge is 2.42. The van der Waals surface area contributed by atoms with Crippen LogP contribution >= 0.6 is 11.6 Å². The fourth-order valence-corrected chi connectivity index (χ4v) is 3.27. The highest BCUT2D eigenvalue weighted by molar-refractivity contribution is 6.30. The maximum absolute atomic E-state index is 10.9. The van der Waals surface area contributed by atoms with Crippen molar-refractivity contribution >= 4 is 17.4 Å². The lowest BCUT2D eigenvalue weighted by Gasteiger charge is -2.46. The summed E-state index contributed by atoms with van der Waals surface area (Å²) in [5.74, 6) is 0.365.